The highest BCUT2D eigenvalue weighted by Crippen LogP contribution is 2.17. The number of anilines is 1. The number of hydrogen-bond acceptors (Lipinski definition) is 4. The van der Waals surface area contributed by atoms with Crippen molar-refractivity contribution in [3.05, 3.63) is 87.1 Å². The zero-order valence-corrected chi connectivity index (χ0v) is 15.4. The van der Waals surface area contributed by atoms with Gasteiger partial charge in [-0.1, -0.05) is 35.9 Å². The molecule has 3 aromatic rings. The molecule has 0 atom stereocenters. The lowest BCUT2D eigenvalue weighted by atomic mass is 10.1. The molecule has 8 heteroatoms. The molecule has 27 heavy (non-hydrogen) atoms. The van der Waals surface area contributed by atoms with E-state index in [1.165, 1.54) is 11.3 Å². The van der Waals surface area contributed by atoms with Gasteiger partial charge in [0.1, 0.15) is 0 Å². The Morgan fingerprint density at radius 2 is 1.41 bits per heavy atom. The minimum Gasteiger partial charge on any atom is -0.321 e. The number of amides is 3. The van der Waals surface area contributed by atoms with Gasteiger partial charge in [0.15, 0.2) is 0 Å². The highest BCUT2D eigenvalue weighted by Gasteiger charge is 2.16. The van der Waals surface area contributed by atoms with E-state index >= 15 is 0 Å². The molecule has 2 aromatic carbocycles. The molecule has 1 aromatic heterocycles. The molecule has 0 aliphatic carbocycles. The predicted octanol–water partition coefficient (Wildman–Crippen LogP) is 3.73. The summed E-state index contributed by atoms with van der Waals surface area (Å²) < 4.78 is 0. The Bertz CT molecular complexity index is 989. The van der Waals surface area contributed by atoms with E-state index in [4.69, 9.17) is 11.6 Å². The van der Waals surface area contributed by atoms with Gasteiger partial charge in [-0.3, -0.25) is 25.2 Å². The van der Waals surface area contributed by atoms with Gasteiger partial charge in [0.05, 0.1) is 27.4 Å². The smallest absolute Gasteiger partial charge is 0.271 e. The number of benzene rings is 2. The van der Waals surface area contributed by atoms with Crippen LogP contribution in [0, 0.1) is 0 Å². The molecule has 0 aliphatic heterocycles. The lowest BCUT2D eigenvalue weighted by Crippen LogP contribution is -2.42. The second kappa shape index (κ2) is 8.48. The topological polar surface area (TPSA) is 87.3 Å². The number of carbonyl (C=O) groups is 3. The normalized spacial score (nSPS) is 10.1. The SMILES string of the molecule is O=C(Nc1ccccc1C(=O)NNC(=O)c1ccccc1Cl)c1ccsc1. The van der Waals surface area contributed by atoms with Crippen molar-refractivity contribution in [1.29, 1.82) is 0 Å². The second-order valence-corrected chi connectivity index (χ2v) is 6.59. The molecule has 3 N–H and O–H groups in total. The van der Waals surface area contributed by atoms with E-state index in [0.29, 0.717) is 11.3 Å². The maximum Gasteiger partial charge on any atom is 0.271 e. The van der Waals surface area contributed by atoms with E-state index < -0.39 is 11.8 Å². The van der Waals surface area contributed by atoms with Crippen LogP contribution in [0.1, 0.15) is 31.1 Å². The van der Waals surface area contributed by atoms with Gasteiger partial charge in [-0.05, 0) is 35.7 Å². The summed E-state index contributed by atoms with van der Waals surface area (Å²) in [6, 6.07) is 14.7. The monoisotopic (exact) mass is 399 g/mol. The number of thiophene rings is 1. The van der Waals surface area contributed by atoms with Gasteiger partial charge >= 0.3 is 0 Å². The van der Waals surface area contributed by atoms with Crippen LogP contribution in [0.15, 0.2) is 65.4 Å². The van der Waals surface area contributed by atoms with Crippen molar-refractivity contribution in [3.8, 4) is 0 Å². The molecule has 0 saturated heterocycles. The molecule has 136 valence electrons. The highest BCUT2D eigenvalue weighted by atomic mass is 35.5. The molecule has 0 bridgehead atoms. The lowest BCUT2D eigenvalue weighted by Gasteiger charge is -2.12. The number of para-hydroxylation sites is 1. The number of carbonyl (C=O) groups excluding carboxylic acids is 3. The molecule has 0 unspecified atom stereocenters. The first-order valence-corrected chi connectivity index (χ1v) is 9.16. The average Bonchev–Trinajstić information content (AvgIpc) is 3.21. The van der Waals surface area contributed by atoms with Crippen LogP contribution in [-0.4, -0.2) is 17.7 Å². The predicted molar refractivity (Wildman–Crippen MR) is 105 cm³/mol. The van der Waals surface area contributed by atoms with Gasteiger partial charge in [0, 0.05) is 5.38 Å². The van der Waals surface area contributed by atoms with Crippen molar-refractivity contribution in [2.45, 2.75) is 0 Å². The van der Waals surface area contributed by atoms with Gasteiger partial charge < -0.3 is 5.32 Å². The zero-order chi connectivity index (χ0) is 19.2. The van der Waals surface area contributed by atoms with Crippen molar-refractivity contribution in [3.63, 3.8) is 0 Å². The Kier molecular flexibility index (Phi) is 5.85. The molecule has 0 fully saturated rings. The molecule has 3 amide bonds. The summed E-state index contributed by atoms with van der Waals surface area (Å²) in [5, 5.41) is 6.47. The molecular formula is C19H14ClN3O3S. The van der Waals surface area contributed by atoms with E-state index in [2.05, 4.69) is 16.2 Å². The maximum absolute atomic E-state index is 12.4. The fourth-order valence-electron chi connectivity index (χ4n) is 2.27. The molecule has 3 rings (SSSR count). The number of halogens is 1. The largest absolute Gasteiger partial charge is 0.321 e. The quantitative estimate of drug-likeness (QED) is 0.584. The number of hydrazine groups is 1. The van der Waals surface area contributed by atoms with Crippen LogP contribution in [0.5, 0.6) is 0 Å². The molecule has 0 spiro atoms. The molecule has 0 aliphatic rings. The summed E-state index contributed by atoms with van der Waals surface area (Å²) in [5.41, 5.74) is 5.92. The minimum absolute atomic E-state index is 0.209. The van der Waals surface area contributed by atoms with Crippen molar-refractivity contribution in [1.82, 2.24) is 10.9 Å². The Labute approximate surface area is 164 Å². The summed E-state index contributed by atoms with van der Waals surface area (Å²) in [6.45, 7) is 0. The summed E-state index contributed by atoms with van der Waals surface area (Å²) >= 11 is 7.36. The maximum atomic E-state index is 12.4. The molecule has 0 radical (unpaired) electrons. The first kappa shape index (κ1) is 18.6. The van der Waals surface area contributed by atoms with Crippen molar-refractivity contribution in [2.24, 2.45) is 0 Å². The first-order chi connectivity index (χ1) is 13.1. The van der Waals surface area contributed by atoms with E-state index in [0.717, 1.165) is 0 Å². The third-order valence-corrected chi connectivity index (χ3v) is 4.62. The summed E-state index contributed by atoms with van der Waals surface area (Å²) in [6.07, 6.45) is 0. The van der Waals surface area contributed by atoms with E-state index in [9.17, 15) is 14.4 Å². The first-order valence-electron chi connectivity index (χ1n) is 7.84. The fourth-order valence-corrected chi connectivity index (χ4v) is 3.13. The summed E-state index contributed by atoms with van der Waals surface area (Å²) in [7, 11) is 0. The van der Waals surface area contributed by atoms with Gasteiger partial charge in [-0.2, -0.15) is 11.3 Å². The van der Waals surface area contributed by atoms with Crippen LogP contribution in [0.2, 0.25) is 5.02 Å². The number of nitrogens with one attached hydrogen (secondary N) is 3. The number of rotatable bonds is 4. The van der Waals surface area contributed by atoms with Crippen molar-refractivity contribution in [2.75, 3.05) is 5.32 Å². The Morgan fingerprint density at radius 3 is 2.07 bits per heavy atom. The average molecular weight is 400 g/mol. The van der Waals surface area contributed by atoms with Gasteiger partial charge in [0.2, 0.25) is 0 Å². The van der Waals surface area contributed by atoms with Gasteiger partial charge in [0.25, 0.3) is 17.7 Å². The Morgan fingerprint density at radius 1 is 0.778 bits per heavy atom. The molecule has 6 nitrogen and oxygen atoms in total. The van der Waals surface area contributed by atoms with E-state index in [-0.39, 0.29) is 22.1 Å². The summed E-state index contributed by atoms with van der Waals surface area (Å²) in [4.78, 5) is 36.8. The van der Waals surface area contributed by atoms with Crippen LogP contribution in [-0.2, 0) is 0 Å². The minimum atomic E-state index is -0.573. The van der Waals surface area contributed by atoms with Crippen molar-refractivity contribution >= 4 is 46.3 Å². The van der Waals surface area contributed by atoms with Crippen molar-refractivity contribution < 1.29 is 14.4 Å². The number of hydrogen-bond donors (Lipinski definition) is 3. The second-order valence-electron chi connectivity index (χ2n) is 5.40. The third-order valence-electron chi connectivity index (χ3n) is 3.61. The third kappa shape index (κ3) is 4.52. The zero-order valence-electron chi connectivity index (χ0n) is 13.9. The highest BCUT2D eigenvalue weighted by molar-refractivity contribution is 7.08. The molecule has 1 heterocycles. The van der Waals surface area contributed by atoms with Gasteiger partial charge in [-0.15, -0.1) is 0 Å². The lowest BCUT2D eigenvalue weighted by molar-refractivity contribution is 0.0847. The molecule has 0 saturated carbocycles. The molecular weight excluding hydrogens is 386 g/mol. The Balaban J connectivity index is 1.69. The standard InChI is InChI=1S/C19H14ClN3O3S/c20-15-7-3-1-5-13(15)18(25)22-23-19(26)14-6-2-4-8-16(14)21-17(24)12-9-10-27-11-12/h1-11H,(H,21,24)(H,22,25)(H,23,26). The van der Waals surface area contributed by atoms with Crippen LogP contribution in [0.3, 0.4) is 0 Å². The van der Waals surface area contributed by atoms with E-state index in [1.807, 2.05) is 0 Å². The van der Waals surface area contributed by atoms with E-state index in [1.54, 1.807) is 65.4 Å². The van der Waals surface area contributed by atoms with Crippen LogP contribution < -0.4 is 16.2 Å². The van der Waals surface area contributed by atoms with Crippen LogP contribution in [0.4, 0.5) is 5.69 Å². The summed E-state index contributed by atoms with van der Waals surface area (Å²) in [5.74, 6) is -1.44. The Hall–Kier alpha value is -3.16. The van der Waals surface area contributed by atoms with Crippen LogP contribution >= 0.6 is 22.9 Å². The van der Waals surface area contributed by atoms with Crippen LogP contribution in [0.25, 0.3) is 0 Å². The fraction of sp³-hybridized carbons (Fsp3) is 0. The van der Waals surface area contributed by atoms with Gasteiger partial charge in [-0.25, -0.2) is 0 Å².